The molecule has 0 aliphatic rings. The topological polar surface area (TPSA) is 0 Å². The molecule has 0 fully saturated rings. The number of hydrogen-bond donors (Lipinski definition) is 0. The van der Waals surface area contributed by atoms with Crippen molar-refractivity contribution in [2.24, 2.45) is 0 Å². The van der Waals surface area contributed by atoms with Gasteiger partial charge in [0.2, 0.25) is 0 Å². The Bertz CT molecular complexity index is 7.61. The molecule has 0 radical (unpaired) electrons. The van der Waals surface area contributed by atoms with Gasteiger partial charge in [-0.15, -0.1) is 0 Å². The van der Waals surface area contributed by atoms with Crippen LogP contribution in [0.4, 0.5) is 0 Å². The normalized spacial score (nSPS) is 2.40. The minimum atomic E-state index is 0. The molecule has 0 aromatic rings. The molecular formula is C2H4I2Zn. The summed E-state index contributed by atoms with van der Waals surface area (Å²) < 4.78 is 0. The summed E-state index contributed by atoms with van der Waals surface area (Å²) in [6, 6.07) is 0. The second-order valence-electron chi connectivity index (χ2n) is 0. The van der Waals surface area contributed by atoms with Gasteiger partial charge in [-0.1, -0.05) is 0 Å². The van der Waals surface area contributed by atoms with Crippen LogP contribution in [0.15, 0.2) is 0 Å². The fraction of sp³-hybridized carbons (Fsp3) is 0. The van der Waals surface area contributed by atoms with E-state index < -0.39 is 0 Å². The molecule has 0 saturated carbocycles. The van der Waals surface area contributed by atoms with Crippen molar-refractivity contribution in [2.45, 2.75) is 0 Å². The third kappa shape index (κ3) is 23.4. The van der Waals surface area contributed by atoms with E-state index in [9.17, 15) is 0 Å². The average Bonchev–Trinajstić information content (AvgIpc) is 1.50. The van der Waals surface area contributed by atoms with E-state index in [1.165, 1.54) is 0 Å². The molecular weight excluding hydrogens is 343 g/mol. The Balaban J connectivity index is -0.0000000133. The molecule has 0 nitrogen and oxygen atoms in total. The SMILES string of the molecule is [CH2-]I.[CH2-]I.[Zn+2]. The van der Waals surface area contributed by atoms with Gasteiger partial charge in [-0.2, -0.15) is 0 Å². The van der Waals surface area contributed by atoms with E-state index in [2.05, 4.69) is 9.86 Å². The maximum absolute atomic E-state index is 3.22. The zero-order valence-electron chi connectivity index (χ0n) is 2.88. The molecule has 0 atom stereocenters. The van der Waals surface area contributed by atoms with Crippen molar-refractivity contribution in [2.75, 3.05) is 0 Å². The number of rotatable bonds is 0. The monoisotopic (exact) mass is 346 g/mol. The predicted octanol–water partition coefficient (Wildman–Crippen LogP) is 2.42. The van der Waals surface area contributed by atoms with Crippen LogP contribution in [0.1, 0.15) is 0 Å². The molecule has 28 valence electrons. The number of hydrogen-bond acceptors (Lipinski definition) is 0. The van der Waals surface area contributed by atoms with Crippen LogP contribution < -0.4 is 0 Å². The smallest absolute Gasteiger partial charge is 0.319 e. The predicted molar refractivity (Wildman–Crippen MR) is 38.8 cm³/mol. The second kappa shape index (κ2) is 36.2. The van der Waals surface area contributed by atoms with E-state index in [0.717, 1.165) is 0 Å². The van der Waals surface area contributed by atoms with E-state index in [1.54, 1.807) is 0 Å². The largest absolute Gasteiger partial charge is 2.00 e. The molecule has 0 aliphatic carbocycles. The quantitative estimate of drug-likeness (QED) is 0.359. The van der Waals surface area contributed by atoms with Crippen molar-refractivity contribution in [1.82, 2.24) is 0 Å². The molecule has 3 heteroatoms. The summed E-state index contributed by atoms with van der Waals surface area (Å²) in [4.78, 5) is 6.44. The summed E-state index contributed by atoms with van der Waals surface area (Å²) in [6.07, 6.45) is 0. The fourth-order valence-corrected chi connectivity index (χ4v) is 0. The van der Waals surface area contributed by atoms with E-state index in [-0.39, 0.29) is 19.5 Å². The minimum Gasteiger partial charge on any atom is -0.319 e. The molecule has 0 bridgehead atoms. The Kier molecular flexibility index (Phi) is 114. The summed E-state index contributed by atoms with van der Waals surface area (Å²) in [5.74, 6) is 0. The van der Waals surface area contributed by atoms with Crippen LogP contribution in [0.25, 0.3) is 0 Å². The Morgan fingerprint density at radius 3 is 0.800 bits per heavy atom. The zero-order chi connectivity index (χ0) is 4.00. The maximum atomic E-state index is 3.22. The average molecular weight is 347 g/mol. The number of halogens is 2. The minimum absolute atomic E-state index is 0. The van der Waals surface area contributed by atoms with Crippen molar-refractivity contribution in [3.05, 3.63) is 9.86 Å². The summed E-state index contributed by atoms with van der Waals surface area (Å²) >= 11 is 3.80. The van der Waals surface area contributed by atoms with Crippen molar-refractivity contribution in [3.8, 4) is 0 Å². The molecule has 5 heavy (non-hydrogen) atoms. The molecule has 0 amide bonds. The van der Waals surface area contributed by atoms with Gasteiger partial charge in [-0.05, 0) is 0 Å². The van der Waals surface area contributed by atoms with Crippen molar-refractivity contribution in [3.63, 3.8) is 0 Å². The molecule has 0 N–H and O–H groups in total. The summed E-state index contributed by atoms with van der Waals surface area (Å²) in [5, 5.41) is 0. The fourth-order valence-electron chi connectivity index (χ4n) is 0. The van der Waals surface area contributed by atoms with Crippen LogP contribution in [-0.4, -0.2) is 0 Å². The van der Waals surface area contributed by atoms with Crippen LogP contribution in [-0.2, 0) is 19.5 Å². The molecule has 0 rings (SSSR count). The second-order valence-corrected chi connectivity index (χ2v) is 0. The van der Waals surface area contributed by atoms with Crippen LogP contribution in [0.5, 0.6) is 0 Å². The van der Waals surface area contributed by atoms with Gasteiger partial charge < -0.3 is 45.2 Å². The van der Waals surface area contributed by atoms with Crippen LogP contribution in [0.3, 0.4) is 0 Å². The van der Waals surface area contributed by atoms with Gasteiger partial charge in [0, 0.05) is 0 Å². The molecule has 0 unspecified atom stereocenters. The van der Waals surface area contributed by atoms with Crippen molar-refractivity contribution >= 4 is 45.2 Å². The molecule has 0 aliphatic heterocycles. The van der Waals surface area contributed by atoms with Gasteiger partial charge >= 0.3 is 19.5 Å². The third-order valence-electron chi connectivity index (χ3n) is 0. The van der Waals surface area contributed by atoms with Crippen molar-refractivity contribution < 1.29 is 19.5 Å². The van der Waals surface area contributed by atoms with Crippen LogP contribution in [0.2, 0.25) is 0 Å². The molecule has 0 aromatic heterocycles. The van der Waals surface area contributed by atoms with Gasteiger partial charge in [-0.3, -0.25) is 9.86 Å². The van der Waals surface area contributed by atoms with Gasteiger partial charge in [0.05, 0.1) is 0 Å². The Hall–Kier alpha value is 2.08. The third-order valence-corrected chi connectivity index (χ3v) is 0. The first-order valence-electron chi connectivity index (χ1n) is 0.535. The van der Waals surface area contributed by atoms with Gasteiger partial charge in [0.1, 0.15) is 0 Å². The molecule has 0 heterocycles. The summed E-state index contributed by atoms with van der Waals surface area (Å²) in [6.45, 7) is 0. The maximum Gasteiger partial charge on any atom is 2.00 e. The van der Waals surface area contributed by atoms with E-state index in [0.29, 0.717) is 0 Å². The zero-order valence-corrected chi connectivity index (χ0v) is 10.2. The van der Waals surface area contributed by atoms with Gasteiger partial charge in [-0.25, -0.2) is 0 Å². The van der Waals surface area contributed by atoms with Gasteiger partial charge in [0.15, 0.2) is 0 Å². The first-order valence-corrected chi connectivity index (χ1v) is 3.59. The van der Waals surface area contributed by atoms with Crippen LogP contribution >= 0.6 is 45.2 Å². The van der Waals surface area contributed by atoms with Gasteiger partial charge in [0.25, 0.3) is 0 Å². The summed E-state index contributed by atoms with van der Waals surface area (Å²) in [5.41, 5.74) is 0. The van der Waals surface area contributed by atoms with E-state index in [4.69, 9.17) is 0 Å². The summed E-state index contributed by atoms with van der Waals surface area (Å²) in [7, 11) is 0. The van der Waals surface area contributed by atoms with Crippen molar-refractivity contribution in [1.29, 1.82) is 0 Å². The Labute approximate surface area is 73.5 Å². The van der Waals surface area contributed by atoms with E-state index in [1.807, 2.05) is 45.2 Å². The Morgan fingerprint density at radius 1 is 0.800 bits per heavy atom. The Morgan fingerprint density at radius 2 is 0.800 bits per heavy atom. The van der Waals surface area contributed by atoms with Crippen LogP contribution in [0, 0.1) is 9.86 Å². The molecule has 0 aromatic carbocycles. The first-order chi connectivity index (χ1) is 2.00. The first kappa shape index (κ1) is 15.7. The standard InChI is InChI=1S/2CH2I.Zn/c2*1-2;/h2*1H2;/q2*-1;+2. The van der Waals surface area contributed by atoms with E-state index >= 15 is 0 Å². The molecule has 0 saturated heterocycles. The molecule has 0 spiro atoms.